The second-order valence-corrected chi connectivity index (χ2v) is 14.1. The number of aliphatic hydroxyl groups is 3. The summed E-state index contributed by atoms with van der Waals surface area (Å²) in [6.07, 6.45) is 5.15. The first-order chi connectivity index (χ1) is 29.6. The minimum Gasteiger partial charge on any atom is -0.506 e. The molecule has 3 aliphatic rings. The number of aromatic nitrogens is 2. The topological polar surface area (TPSA) is 386 Å². The molecule has 0 radical (unpaired) electrons. The van der Waals surface area contributed by atoms with Crippen molar-refractivity contribution in [2.75, 3.05) is 19.6 Å². The number of aryl methyl sites for hydroxylation is 3. The largest absolute Gasteiger partial charge is 0.506 e. The van der Waals surface area contributed by atoms with Gasteiger partial charge in [-0.05, 0) is 68.3 Å². The number of fused-ring (bicyclic) bond motifs is 3. The lowest BCUT2D eigenvalue weighted by Crippen LogP contribution is -2.24. The summed E-state index contributed by atoms with van der Waals surface area (Å²) in [5.74, 6) is -3.30. The maximum atomic E-state index is 10.9. The summed E-state index contributed by atoms with van der Waals surface area (Å²) in [7, 11) is 0. The second kappa shape index (κ2) is 20.3. The molecular weight excluding hydrogens is 826 g/mol. The normalized spacial score (nSPS) is 16.1. The molecule has 2 aliphatic carbocycles. The number of phenols is 6. The van der Waals surface area contributed by atoms with Crippen LogP contribution in [0.2, 0.25) is 0 Å². The minimum atomic E-state index is -0.863. The number of carbonyl (C=O) groups excluding carboxylic acids is 4. The summed E-state index contributed by atoms with van der Waals surface area (Å²) < 4.78 is 0. The molecule has 0 spiro atoms. The third-order valence-corrected chi connectivity index (χ3v) is 9.74. The molecule has 5 aromatic rings. The molecule has 2 aromatic heterocycles. The summed E-state index contributed by atoms with van der Waals surface area (Å²) in [6, 6.07) is 6.75. The Hall–Kier alpha value is -7.62. The number of hydrogen-bond acceptors (Lipinski definition) is 18. The lowest BCUT2D eigenvalue weighted by Gasteiger charge is -2.10. The van der Waals surface area contributed by atoms with Crippen LogP contribution in [-0.4, -0.2) is 121 Å². The van der Waals surface area contributed by atoms with E-state index in [4.69, 9.17) is 31.9 Å². The van der Waals surface area contributed by atoms with E-state index in [0.29, 0.717) is 67.6 Å². The molecule has 0 saturated carbocycles. The number of rotatable bonds is 4. The first-order valence-corrected chi connectivity index (χ1v) is 18.8. The van der Waals surface area contributed by atoms with Crippen molar-refractivity contribution < 1.29 is 75.3 Å². The number of nitrogens with two attached hydrogens (primary N) is 2. The van der Waals surface area contributed by atoms with Crippen molar-refractivity contribution in [2.45, 2.75) is 39.1 Å². The van der Waals surface area contributed by atoms with Gasteiger partial charge in [0.05, 0.1) is 35.0 Å². The molecule has 20 heteroatoms. The first-order valence-electron chi connectivity index (χ1n) is 18.8. The van der Waals surface area contributed by atoms with Crippen molar-refractivity contribution in [1.82, 2.24) is 15.3 Å². The highest BCUT2D eigenvalue weighted by Crippen LogP contribution is 2.43. The van der Waals surface area contributed by atoms with Gasteiger partial charge in [-0.3, -0.25) is 19.2 Å². The predicted octanol–water partition coefficient (Wildman–Crippen LogP) is 1.44. The minimum absolute atomic E-state index is 0.0393. The van der Waals surface area contributed by atoms with Crippen molar-refractivity contribution in [3.05, 3.63) is 106 Å². The van der Waals surface area contributed by atoms with Gasteiger partial charge in [0.15, 0.2) is 34.5 Å². The predicted molar refractivity (Wildman–Crippen MR) is 227 cm³/mol. The number of aromatic amines is 2. The third-order valence-electron chi connectivity index (χ3n) is 9.74. The van der Waals surface area contributed by atoms with Crippen LogP contribution in [0.4, 0.5) is 0 Å². The average molecular weight is 874 g/mol. The molecule has 20 nitrogen and oxygen atoms in total. The number of allylic oxidation sites excluding steroid dienone is 4. The lowest BCUT2D eigenvalue weighted by molar-refractivity contribution is -0.131. The van der Waals surface area contributed by atoms with E-state index in [0.717, 1.165) is 12.2 Å². The quantitative estimate of drug-likeness (QED) is 0.0690. The number of ketones is 4. The third kappa shape index (κ3) is 11.0. The van der Waals surface area contributed by atoms with Crippen LogP contribution in [0.15, 0.2) is 83.8 Å². The van der Waals surface area contributed by atoms with Gasteiger partial charge in [0.2, 0.25) is 23.1 Å². The number of carbonyl (C=O) groups is 4. The van der Waals surface area contributed by atoms with Crippen molar-refractivity contribution in [1.29, 1.82) is 0 Å². The van der Waals surface area contributed by atoms with Gasteiger partial charge in [-0.15, -0.1) is 0 Å². The Morgan fingerprint density at radius 3 is 1.87 bits per heavy atom. The highest BCUT2D eigenvalue weighted by Gasteiger charge is 2.29. The van der Waals surface area contributed by atoms with Crippen LogP contribution in [0.1, 0.15) is 28.5 Å². The molecule has 1 aliphatic heterocycles. The van der Waals surface area contributed by atoms with Crippen molar-refractivity contribution in [3.63, 3.8) is 0 Å². The van der Waals surface area contributed by atoms with Crippen LogP contribution >= 0.6 is 0 Å². The maximum absolute atomic E-state index is 10.9. The van der Waals surface area contributed by atoms with E-state index in [1.807, 2.05) is 0 Å². The summed E-state index contributed by atoms with van der Waals surface area (Å²) in [5, 5.41) is 106. The SMILES string of the molecule is Cc1[nH]c2c(C)c(O)c(O)c(C)c2c1O.NCC(O)C1=CC(=O)C(=O)C=C1.NCC(O)c1ccc(O)c(O)c1.O=C1C=C2NCC(O)C2=CC1=O.Oc1cc2[nH]cc(O)c2cc1O. The van der Waals surface area contributed by atoms with Gasteiger partial charge >= 0.3 is 0 Å². The molecule has 8 rings (SSSR count). The summed E-state index contributed by atoms with van der Waals surface area (Å²) >= 11 is 0. The van der Waals surface area contributed by atoms with Gasteiger partial charge in [0.25, 0.3) is 0 Å². The Morgan fingerprint density at radius 2 is 1.25 bits per heavy atom. The fourth-order valence-electron chi connectivity index (χ4n) is 6.06. The molecule has 3 atom stereocenters. The van der Waals surface area contributed by atoms with E-state index in [1.165, 1.54) is 54.8 Å². The highest BCUT2D eigenvalue weighted by molar-refractivity contribution is 6.47. The zero-order valence-corrected chi connectivity index (χ0v) is 33.9. The Labute approximate surface area is 357 Å². The van der Waals surface area contributed by atoms with Gasteiger partial charge in [-0.2, -0.15) is 0 Å². The van der Waals surface area contributed by atoms with Crippen LogP contribution in [0.25, 0.3) is 21.8 Å². The molecule has 3 unspecified atom stereocenters. The monoisotopic (exact) mass is 873 g/mol. The number of benzene rings is 3. The number of phenolic OH excluding ortho intramolecular Hbond substituents is 6. The molecule has 3 heterocycles. The Bertz CT molecular complexity index is 2700. The molecule has 1 saturated heterocycles. The average Bonchev–Trinajstić information content (AvgIpc) is 3.91. The Morgan fingerprint density at radius 1 is 0.667 bits per heavy atom. The molecule has 0 bridgehead atoms. The maximum Gasteiger partial charge on any atom is 0.227 e. The smallest absolute Gasteiger partial charge is 0.227 e. The van der Waals surface area contributed by atoms with Crippen molar-refractivity contribution in [3.8, 4) is 46.0 Å². The Kier molecular flexibility index (Phi) is 15.5. The zero-order chi connectivity index (χ0) is 47.0. The molecule has 0 amide bonds. The number of β-amino-alcohol motifs (C(OH)–C–C–N with tert-alkyl or cyclic N) is 1. The number of aliphatic hydroxyl groups excluding tert-OH is 3. The number of hydrogen-bond donors (Lipinski definition) is 16. The summed E-state index contributed by atoms with van der Waals surface area (Å²) in [5.41, 5.74) is 15.2. The molecule has 63 heavy (non-hydrogen) atoms. The van der Waals surface area contributed by atoms with E-state index in [2.05, 4.69) is 15.3 Å². The van der Waals surface area contributed by atoms with Gasteiger partial charge in [0.1, 0.15) is 11.5 Å². The van der Waals surface area contributed by atoms with Gasteiger partial charge in [-0.1, -0.05) is 12.1 Å². The molecular formula is C43H47N5O15. The second-order valence-electron chi connectivity index (χ2n) is 14.1. The van der Waals surface area contributed by atoms with Crippen molar-refractivity contribution in [2.24, 2.45) is 11.5 Å². The van der Waals surface area contributed by atoms with Gasteiger partial charge < -0.3 is 82.9 Å². The van der Waals surface area contributed by atoms with Crippen LogP contribution in [-0.2, 0) is 19.2 Å². The number of nitrogens with one attached hydrogen (secondary N) is 3. The van der Waals surface area contributed by atoms with Crippen molar-refractivity contribution >= 4 is 44.9 Å². The number of aromatic hydroxyl groups is 8. The summed E-state index contributed by atoms with van der Waals surface area (Å²) in [6.45, 7) is 5.58. The fraction of sp³-hybridized carbons (Fsp3) is 0.209. The molecule has 334 valence electrons. The fourth-order valence-corrected chi connectivity index (χ4v) is 6.06. The molecule has 1 fully saturated rings. The molecule has 3 aromatic carbocycles. The van der Waals surface area contributed by atoms with Crippen LogP contribution in [0, 0.1) is 20.8 Å². The summed E-state index contributed by atoms with van der Waals surface area (Å²) in [4.78, 5) is 48.9. The van der Waals surface area contributed by atoms with E-state index >= 15 is 0 Å². The van der Waals surface area contributed by atoms with Gasteiger partial charge in [-0.25, -0.2) is 0 Å². The number of H-pyrrole nitrogens is 2. The van der Waals surface area contributed by atoms with E-state index in [9.17, 15) is 54.9 Å². The van der Waals surface area contributed by atoms with Crippen LogP contribution in [0.5, 0.6) is 46.0 Å². The van der Waals surface area contributed by atoms with E-state index in [1.54, 1.807) is 20.8 Å². The standard InChI is InChI=1S/C11H13NO3.2C8H7NO3.C8H11NO3.C8H9NO3/c1-4-7-8(12-6(3)11(7)15)5(2)10(14)9(4)13;2*10-6-1-4-5(2-7(6)11)9-3-8(4)12;2*9-4-8(12)5-1-2-6(10)7(11)3-5/h12-15H,1-3H3;1-2,8-9,12H,3H2;1-3,9-12H;1-3,8,10-12H,4,9H2;1-3,8,12H,4,9H2. The lowest BCUT2D eigenvalue weighted by atomic mass is 10.0. The molecule has 18 N–H and O–H groups in total. The van der Waals surface area contributed by atoms with E-state index in [-0.39, 0.29) is 59.1 Å². The van der Waals surface area contributed by atoms with Crippen LogP contribution in [0.3, 0.4) is 0 Å². The van der Waals surface area contributed by atoms with Gasteiger partial charge in [0, 0.05) is 71.1 Å². The van der Waals surface area contributed by atoms with E-state index < -0.39 is 41.4 Å². The van der Waals surface area contributed by atoms with Crippen LogP contribution < -0.4 is 16.8 Å². The zero-order valence-electron chi connectivity index (χ0n) is 33.9. The first kappa shape index (κ1) is 48.1. The Balaban J connectivity index is 0.000000173. The highest BCUT2D eigenvalue weighted by atomic mass is 16.3.